The summed E-state index contributed by atoms with van der Waals surface area (Å²) in [5, 5.41) is 6.01. The summed E-state index contributed by atoms with van der Waals surface area (Å²) in [6, 6.07) is 0. The molecule has 0 saturated carbocycles. The van der Waals surface area contributed by atoms with Crippen molar-refractivity contribution in [2.24, 2.45) is 5.41 Å². The van der Waals surface area contributed by atoms with Crippen molar-refractivity contribution >= 4 is 18.3 Å². The third kappa shape index (κ3) is 1.62. The van der Waals surface area contributed by atoms with Gasteiger partial charge in [-0.3, -0.25) is 4.79 Å². The van der Waals surface area contributed by atoms with E-state index in [1.54, 1.807) is 7.05 Å². The second-order valence-corrected chi connectivity index (χ2v) is 3.81. The van der Waals surface area contributed by atoms with Gasteiger partial charge in [-0.2, -0.15) is 0 Å². The number of amides is 1. The molecule has 2 saturated heterocycles. The lowest BCUT2D eigenvalue weighted by molar-refractivity contribution is -0.135. The number of rotatable bonds is 1. The van der Waals surface area contributed by atoms with E-state index in [1.165, 1.54) is 0 Å². The van der Waals surface area contributed by atoms with E-state index >= 15 is 0 Å². The Kier molecular flexibility index (Phi) is 3.75. The van der Waals surface area contributed by atoms with Crippen LogP contribution in [-0.2, 0) is 9.53 Å². The Morgan fingerprint density at radius 3 is 3.14 bits per heavy atom. The molecule has 0 spiro atoms. The molecular weight excluding hydrogens is 204 g/mol. The van der Waals surface area contributed by atoms with E-state index in [1.807, 2.05) is 0 Å². The van der Waals surface area contributed by atoms with Gasteiger partial charge in [0, 0.05) is 20.2 Å². The van der Waals surface area contributed by atoms with E-state index < -0.39 is 0 Å². The number of piperidine rings is 1. The van der Waals surface area contributed by atoms with Gasteiger partial charge in [0.05, 0.1) is 11.5 Å². The average Bonchev–Trinajstić information content (AvgIpc) is 2.61. The number of ether oxygens (including phenoxy) is 1. The minimum absolute atomic E-state index is 0. The van der Waals surface area contributed by atoms with E-state index in [2.05, 4.69) is 10.6 Å². The fraction of sp³-hybridized carbons (Fsp3) is 0.889. The minimum atomic E-state index is -0.285. The summed E-state index contributed by atoms with van der Waals surface area (Å²) >= 11 is 0. The maximum Gasteiger partial charge on any atom is 0.229 e. The molecule has 0 radical (unpaired) electrons. The third-order valence-corrected chi connectivity index (χ3v) is 3.19. The molecule has 2 aliphatic heterocycles. The van der Waals surface area contributed by atoms with Gasteiger partial charge in [-0.1, -0.05) is 0 Å². The van der Waals surface area contributed by atoms with Gasteiger partial charge in [0.2, 0.25) is 5.91 Å². The molecule has 2 N–H and O–H groups in total. The fourth-order valence-electron chi connectivity index (χ4n) is 2.40. The fourth-order valence-corrected chi connectivity index (χ4v) is 2.40. The second kappa shape index (κ2) is 4.47. The summed E-state index contributed by atoms with van der Waals surface area (Å²) in [6.07, 6.45) is 1.94. The molecule has 4 nitrogen and oxygen atoms in total. The average molecular weight is 221 g/mol. The molecule has 2 aliphatic rings. The van der Waals surface area contributed by atoms with Gasteiger partial charge in [0.25, 0.3) is 0 Å². The SMILES string of the molecule is CNC(=O)[C@@]12CCO[C@@H]1CCNC2.Cl. The Morgan fingerprint density at radius 1 is 1.64 bits per heavy atom. The standard InChI is InChI=1S/C9H16N2O2.ClH/c1-10-8(12)9-3-5-13-7(9)2-4-11-6-9;/h7,11H,2-6H2,1H3,(H,10,12);1H/t7-,9-;/m1./s1. The van der Waals surface area contributed by atoms with Crippen molar-refractivity contribution in [2.75, 3.05) is 26.7 Å². The molecule has 0 aromatic carbocycles. The molecule has 0 bridgehead atoms. The maximum absolute atomic E-state index is 11.7. The first kappa shape index (κ1) is 11.8. The van der Waals surface area contributed by atoms with Crippen molar-refractivity contribution < 1.29 is 9.53 Å². The Balaban J connectivity index is 0.000000980. The number of carbonyl (C=O) groups excluding carboxylic acids is 1. The summed E-state index contributed by atoms with van der Waals surface area (Å²) in [6.45, 7) is 2.44. The largest absolute Gasteiger partial charge is 0.377 e. The van der Waals surface area contributed by atoms with Crippen LogP contribution < -0.4 is 10.6 Å². The van der Waals surface area contributed by atoms with E-state index in [0.29, 0.717) is 0 Å². The van der Waals surface area contributed by atoms with Gasteiger partial charge in [-0.05, 0) is 19.4 Å². The van der Waals surface area contributed by atoms with Crippen LogP contribution in [0.15, 0.2) is 0 Å². The van der Waals surface area contributed by atoms with Crippen LogP contribution in [0.1, 0.15) is 12.8 Å². The van der Waals surface area contributed by atoms with Crippen molar-refractivity contribution in [3.63, 3.8) is 0 Å². The lowest BCUT2D eigenvalue weighted by atomic mass is 9.76. The van der Waals surface area contributed by atoms with Crippen LogP contribution in [0, 0.1) is 5.41 Å². The minimum Gasteiger partial charge on any atom is -0.377 e. The Labute approximate surface area is 90.2 Å². The first-order chi connectivity index (χ1) is 6.29. The van der Waals surface area contributed by atoms with E-state index in [4.69, 9.17) is 4.74 Å². The van der Waals surface area contributed by atoms with Gasteiger partial charge in [-0.25, -0.2) is 0 Å². The lowest BCUT2D eigenvalue weighted by Gasteiger charge is -2.36. The quantitative estimate of drug-likeness (QED) is 0.650. The smallest absolute Gasteiger partial charge is 0.229 e. The predicted octanol–water partition coefficient (Wildman–Crippen LogP) is -0.0772. The van der Waals surface area contributed by atoms with Gasteiger partial charge in [0.15, 0.2) is 0 Å². The zero-order chi connectivity index (χ0) is 9.31. The van der Waals surface area contributed by atoms with E-state index in [-0.39, 0.29) is 29.8 Å². The maximum atomic E-state index is 11.7. The van der Waals surface area contributed by atoms with Crippen LogP contribution in [0.25, 0.3) is 0 Å². The van der Waals surface area contributed by atoms with Gasteiger partial charge in [0.1, 0.15) is 0 Å². The highest BCUT2D eigenvalue weighted by Gasteiger charge is 2.50. The number of hydrogen-bond donors (Lipinski definition) is 2. The zero-order valence-electron chi connectivity index (χ0n) is 8.34. The van der Waals surface area contributed by atoms with Crippen LogP contribution in [-0.4, -0.2) is 38.8 Å². The highest BCUT2D eigenvalue weighted by Crippen LogP contribution is 2.38. The number of hydrogen-bond acceptors (Lipinski definition) is 3. The normalized spacial score (nSPS) is 35.6. The molecule has 0 aromatic rings. The van der Waals surface area contributed by atoms with Crippen LogP contribution in [0.2, 0.25) is 0 Å². The summed E-state index contributed by atoms with van der Waals surface area (Å²) in [4.78, 5) is 11.7. The number of fused-ring (bicyclic) bond motifs is 1. The van der Waals surface area contributed by atoms with Crippen molar-refractivity contribution in [3.8, 4) is 0 Å². The van der Waals surface area contributed by atoms with Crippen LogP contribution in [0.5, 0.6) is 0 Å². The predicted molar refractivity (Wildman–Crippen MR) is 55.6 cm³/mol. The summed E-state index contributed by atoms with van der Waals surface area (Å²) in [5.41, 5.74) is -0.285. The first-order valence-electron chi connectivity index (χ1n) is 4.84. The number of carbonyl (C=O) groups is 1. The molecule has 0 unspecified atom stereocenters. The summed E-state index contributed by atoms with van der Waals surface area (Å²) in [7, 11) is 1.70. The topological polar surface area (TPSA) is 50.4 Å². The van der Waals surface area contributed by atoms with Crippen molar-refractivity contribution in [1.29, 1.82) is 0 Å². The zero-order valence-corrected chi connectivity index (χ0v) is 9.15. The first-order valence-corrected chi connectivity index (χ1v) is 4.84. The molecule has 2 heterocycles. The number of nitrogens with one attached hydrogen (secondary N) is 2. The van der Waals surface area contributed by atoms with Crippen molar-refractivity contribution in [3.05, 3.63) is 0 Å². The van der Waals surface area contributed by atoms with Gasteiger partial charge < -0.3 is 15.4 Å². The summed E-state index contributed by atoms with van der Waals surface area (Å²) in [5.74, 6) is 0.127. The molecule has 0 aromatic heterocycles. The number of halogens is 1. The summed E-state index contributed by atoms with van der Waals surface area (Å²) < 4.78 is 5.58. The molecule has 5 heteroatoms. The molecule has 0 aliphatic carbocycles. The molecule has 2 rings (SSSR count). The molecule has 14 heavy (non-hydrogen) atoms. The second-order valence-electron chi connectivity index (χ2n) is 3.81. The van der Waals surface area contributed by atoms with Gasteiger partial charge >= 0.3 is 0 Å². The third-order valence-electron chi connectivity index (χ3n) is 3.19. The molecule has 1 amide bonds. The Morgan fingerprint density at radius 2 is 2.43 bits per heavy atom. The molecule has 2 fully saturated rings. The van der Waals surface area contributed by atoms with Crippen molar-refractivity contribution in [1.82, 2.24) is 10.6 Å². The Bertz CT molecular complexity index is 225. The van der Waals surface area contributed by atoms with Crippen molar-refractivity contribution in [2.45, 2.75) is 18.9 Å². The van der Waals surface area contributed by atoms with Crippen LogP contribution in [0.4, 0.5) is 0 Å². The van der Waals surface area contributed by atoms with Crippen LogP contribution in [0.3, 0.4) is 0 Å². The van der Waals surface area contributed by atoms with E-state index in [9.17, 15) is 4.79 Å². The molecule has 82 valence electrons. The Hall–Kier alpha value is -0.320. The highest BCUT2D eigenvalue weighted by molar-refractivity contribution is 5.85. The lowest BCUT2D eigenvalue weighted by Crippen LogP contribution is -2.55. The highest BCUT2D eigenvalue weighted by atomic mass is 35.5. The monoisotopic (exact) mass is 220 g/mol. The molecule has 2 atom stereocenters. The van der Waals surface area contributed by atoms with E-state index in [0.717, 1.165) is 32.5 Å². The molecular formula is C9H17ClN2O2. The van der Waals surface area contributed by atoms with Gasteiger partial charge in [-0.15, -0.1) is 12.4 Å². The van der Waals surface area contributed by atoms with Crippen LogP contribution >= 0.6 is 12.4 Å².